The maximum absolute atomic E-state index is 3.49. The van der Waals surface area contributed by atoms with E-state index in [0.29, 0.717) is 0 Å². The minimum absolute atomic E-state index is 1.09. The van der Waals surface area contributed by atoms with Crippen LogP contribution in [-0.2, 0) is 0 Å². The summed E-state index contributed by atoms with van der Waals surface area (Å²) in [5.41, 5.74) is 8.81. The zero-order valence-corrected chi connectivity index (χ0v) is 18.2. The van der Waals surface area contributed by atoms with E-state index in [-0.39, 0.29) is 0 Å². The lowest BCUT2D eigenvalue weighted by Crippen LogP contribution is -2.20. The summed E-state index contributed by atoms with van der Waals surface area (Å²) in [6.07, 6.45) is 4.68. The molecule has 32 heavy (non-hydrogen) atoms. The van der Waals surface area contributed by atoms with Crippen molar-refractivity contribution in [1.82, 2.24) is 0 Å². The Labute approximate surface area is 190 Å². The average Bonchev–Trinajstić information content (AvgIpc) is 2.87. The molecule has 1 aliphatic carbocycles. The van der Waals surface area contributed by atoms with Gasteiger partial charge in [0.15, 0.2) is 0 Å². The molecule has 5 rings (SSSR count). The fourth-order valence-electron chi connectivity index (χ4n) is 4.51. The Morgan fingerprint density at radius 1 is 0.500 bits per heavy atom. The van der Waals surface area contributed by atoms with E-state index in [0.717, 1.165) is 24.2 Å². The number of benzene rings is 4. The minimum atomic E-state index is 1.09. The summed E-state index contributed by atoms with van der Waals surface area (Å²) < 4.78 is 0. The summed E-state index contributed by atoms with van der Waals surface area (Å²) in [4.78, 5) is 2.45. The molecule has 158 valence electrons. The van der Waals surface area contributed by atoms with Crippen LogP contribution >= 0.6 is 0 Å². The Bertz CT molecular complexity index is 1160. The van der Waals surface area contributed by atoms with Gasteiger partial charge in [-0.05, 0) is 85.4 Å². The lowest BCUT2D eigenvalue weighted by atomic mass is 9.89. The van der Waals surface area contributed by atoms with Crippen LogP contribution in [0.4, 0.5) is 22.7 Å². The third-order valence-electron chi connectivity index (χ3n) is 6.03. The van der Waals surface area contributed by atoms with E-state index >= 15 is 0 Å². The van der Waals surface area contributed by atoms with Crippen molar-refractivity contribution in [1.29, 1.82) is 0 Å². The van der Waals surface area contributed by atoms with Crippen LogP contribution in [0.5, 0.6) is 0 Å². The van der Waals surface area contributed by atoms with Crippen molar-refractivity contribution in [3.8, 4) is 0 Å². The minimum Gasteiger partial charge on any atom is -0.356 e. The molecule has 0 spiro atoms. The van der Waals surface area contributed by atoms with Gasteiger partial charge in [-0.15, -0.1) is 0 Å². The van der Waals surface area contributed by atoms with E-state index in [1.165, 1.54) is 41.1 Å². The number of rotatable bonds is 6. The highest BCUT2D eigenvalue weighted by molar-refractivity contribution is 5.80. The van der Waals surface area contributed by atoms with Gasteiger partial charge in [0.1, 0.15) is 0 Å². The number of anilines is 4. The van der Waals surface area contributed by atoms with E-state index in [1.54, 1.807) is 0 Å². The monoisotopic (exact) mass is 416 g/mol. The molecule has 0 saturated heterocycles. The summed E-state index contributed by atoms with van der Waals surface area (Å²) >= 11 is 0. The summed E-state index contributed by atoms with van der Waals surface area (Å²) in [5, 5.41) is 3.49. The normalized spacial score (nSPS) is 13.6. The van der Waals surface area contributed by atoms with Gasteiger partial charge in [0.2, 0.25) is 0 Å². The summed E-state index contributed by atoms with van der Waals surface area (Å²) in [5.74, 6) is 0. The third kappa shape index (κ3) is 4.45. The molecular weight excluding hydrogens is 388 g/mol. The lowest BCUT2D eigenvalue weighted by Gasteiger charge is -2.33. The fraction of sp³-hybridized carbons (Fsp3) is 0.133. The van der Waals surface area contributed by atoms with Gasteiger partial charge in [0, 0.05) is 28.4 Å². The molecule has 2 nitrogen and oxygen atoms in total. The van der Waals surface area contributed by atoms with Crippen LogP contribution in [0.15, 0.2) is 121 Å². The van der Waals surface area contributed by atoms with Crippen LogP contribution in [0.3, 0.4) is 0 Å². The summed E-state index contributed by atoms with van der Waals surface area (Å²) in [6.45, 7) is 0. The molecule has 0 unspecified atom stereocenters. The number of hydrogen-bond acceptors (Lipinski definition) is 2. The van der Waals surface area contributed by atoms with Gasteiger partial charge in [-0.2, -0.15) is 0 Å². The first-order valence-corrected chi connectivity index (χ1v) is 11.4. The molecule has 0 radical (unpaired) electrons. The Balaban J connectivity index is 1.55. The second-order valence-corrected chi connectivity index (χ2v) is 8.21. The Hall–Kier alpha value is -3.78. The van der Waals surface area contributed by atoms with Crippen LogP contribution in [0.25, 0.3) is 5.57 Å². The largest absolute Gasteiger partial charge is 0.356 e. The highest BCUT2D eigenvalue weighted by Gasteiger charge is 2.22. The van der Waals surface area contributed by atoms with Gasteiger partial charge in [0.25, 0.3) is 0 Å². The predicted molar refractivity (Wildman–Crippen MR) is 137 cm³/mol. The average molecular weight is 417 g/mol. The number of nitrogens with zero attached hydrogens (tertiary/aromatic N) is 1. The molecule has 2 heteroatoms. The first-order chi connectivity index (χ1) is 15.9. The molecule has 0 fully saturated rings. The number of nitrogens with one attached hydrogen (secondary N) is 1. The molecular formula is C30H28N2. The van der Waals surface area contributed by atoms with Crippen LogP contribution in [0.2, 0.25) is 0 Å². The van der Waals surface area contributed by atoms with Crippen molar-refractivity contribution in [2.45, 2.75) is 25.7 Å². The van der Waals surface area contributed by atoms with E-state index in [4.69, 9.17) is 0 Å². The second-order valence-electron chi connectivity index (χ2n) is 8.21. The molecule has 1 N–H and O–H groups in total. The summed E-state index contributed by atoms with van der Waals surface area (Å²) in [6, 6.07) is 40.7. The number of para-hydroxylation sites is 2. The van der Waals surface area contributed by atoms with E-state index in [2.05, 4.69) is 119 Å². The zero-order chi connectivity index (χ0) is 21.6. The van der Waals surface area contributed by atoms with Gasteiger partial charge >= 0.3 is 0 Å². The Kier molecular flexibility index (Phi) is 6.02. The smallest absolute Gasteiger partial charge is 0.0460 e. The topological polar surface area (TPSA) is 15.3 Å². The molecule has 4 aromatic carbocycles. The molecule has 0 amide bonds. The molecule has 0 bridgehead atoms. The number of hydrogen-bond donors (Lipinski definition) is 1. The lowest BCUT2D eigenvalue weighted by molar-refractivity contribution is 0.703. The van der Waals surface area contributed by atoms with E-state index < -0.39 is 0 Å². The van der Waals surface area contributed by atoms with Crippen molar-refractivity contribution in [2.24, 2.45) is 0 Å². The fourth-order valence-corrected chi connectivity index (χ4v) is 4.51. The quantitative estimate of drug-likeness (QED) is 0.339. The SMILES string of the molecule is c1ccc(Nc2ccc(N(C3=C(c4ccccc4)CCCC3)c3ccccc3)cc2)cc1. The van der Waals surface area contributed by atoms with Crippen molar-refractivity contribution in [3.63, 3.8) is 0 Å². The van der Waals surface area contributed by atoms with Gasteiger partial charge in [-0.1, -0.05) is 66.7 Å². The van der Waals surface area contributed by atoms with Crippen molar-refractivity contribution in [3.05, 3.63) is 127 Å². The maximum Gasteiger partial charge on any atom is 0.0460 e. The highest BCUT2D eigenvalue weighted by atomic mass is 15.2. The van der Waals surface area contributed by atoms with Crippen LogP contribution in [0.1, 0.15) is 31.2 Å². The third-order valence-corrected chi connectivity index (χ3v) is 6.03. The molecule has 0 saturated carbocycles. The number of allylic oxidation sites excluding steroid dienone is 2. The van der Waals surface area contributed by atoms with Gasteiger partial charge in [0.05, 0.1) is 0 Å². The Morgan fingerprint density at radius 2 is 1.03 bits per heavy atom. The maximum atomic E-state index is 3.49. The van der Waals surface area contributed by atoms with E-state index in [9.17, 15) is 0 Å². The first kappa shape index (κ1) is 20.1. The Morgan fingerprint density at radius 3 is 1.72 bits per heavy atom. The standard InChI is InChI=1S/C30H28N2/c1-4-12-24(13-5-1)29-18-10-11-19-30(29)32(27-16-8-3-9-17-27)28-22-20-26(21-23-28)31-25-14-6-2-7-15-25/h1-9,12-17,20-23,31H,10-11,18-19H2. The van der Waals surface area contributed by atoms with Crippen molar-refractivity contribution >= 4 is 28.3 Å². The van der Waals surface area contributed by atoms with Crippen molar-refractivity contribution < 1.29 is 0 Å². The summed E-state index contributed by atoms with van der Waals surface area (Å²) in [7, 11) is 0. The van der Waals surface area contributed by atoms with Gasteiger partial charge in [-0.25, -0.2) is 0 Å². The second kappa shape index (κ2) is 9.57. The first-order valence-electron chi connectivity index (χ1n) is 11.4. The molecule has 0 aromatic heterocycles. The van der Waals surface area contributed by atoms with Crippen molar-refractivity contribution in [2.75, 3.05) is 10.2 Å². The highest BCUT2D eigenvalue weighted by Crippen LogP contribution is 2.40. The molecule has 1 aliphatic rings. The molecule has 0 heterocycles. The zero-order valence-electron chi connectivity index (χ0n) is 18.2. The molecule has 0 atom stereocenters. The van der Waals surface area contributed by atoms with Gasteiger partial charge in [-0.3, -0.25) is 0 Å². The molecule has 4 aromatic rings. The van der Waals surface area contributed by atoms with Crippen LogP contribution in [-0.4, -0.2) is 0 Å². The van der Waals surface area contributed by atoms with E-state index in [1.807, 2.05) is 6.07 Å². The van der Waals surface area contributed by atoms with Gasteiger partial charge < -0.3 is 10.2 Å². The van der Waals surface area contributed by atoms with Crippen LogP contribution < -0.4 is 10.2 Å². The predicted octanol–water partition coefficient (Wildman–Crippen LogP) is 8.55. The molecule has 0 aliphatic heterocycles. The van der Waals surface area contributed by atoms with Crippen LogP contribution in [0, 0.1) is 0 Å².